The first-order valence-corrected chi connectivity index (χ1v) is 6.30. The highest BCUT2D eigenvalue weighted by atomic mass is 35.5. The highest BCUT2D eigenvalue weighted by Gasteiger charge is 2.20. The zero-order valence-corrected chi connectivity index (χ0v) is 11.8. The van der Waals surface area contributed by atoms with Crippen LogP contribution in [0.5, 0.6) is 0 Å². The van der Waals surface area contributed by atoms with Crippen molar-refractivity contribution in [3.05, 3.63) is 24.3 Å². The number of nitrogens with one attached hydrogen (secondary N) is 3. The fourth-order valence-electron chi connectivity index (χ4n) is 1.73. The van der Waals surface area contributed by atoms with E-state index < -0.39 is 6.03 Å². The number of hydrogen-bond donors (Lipinski definition) is 4. The third-order valence-electron chi connectivity index (χ3n) is 2.83. The molecule has 6 nitrogen and oxygen atoms in total. The maximum atomic E-state index is 11.7. The molecule has 2 rings (SSSR count). The van der Waals surface area contributed by atoms with Crippen LogP contribution in [-0.4, -0.2) is 25.0 Å². The van der Waals surface area contributed by atoms with Gasteiger partial charge in [-0.05, 0) is 43.5 Å². The van der Waals surface area contributed by atoms with Crippen molar-refractivity contribution in [1.82, 2.24) is 5.32 Å². The number of hydrogen-bond acceptors (Lipinski definition) is 3. The Morgan fingerprint density at radius 2 is 1.85 bits per heavy atom. The number of urea groups is 1. The summed E-state index contributed by atoms with van der Waals surface area (Å²) >= 11 is 0. The van der Waals surface area contributed by atoms with E-state index >= 15 is 0 Å². The number of benzene rings is 1. The molecule has 0 saturated heterocycles. The first kappa shape index (κ1) is 16.3. The van der Waals surface area contributed by atoms with Crippen molar-refractivity contribution in [1.29, 1.82) is 0 Å². The second kappa shape index (κ2) is 7.72. The minimum atomic E-state index is -0.630. The van der Waals surface area contributed by atoms with Crippen LogP contribution in [0.3, 0.4) is 0 Å². The van der Waals surface area contributed by atoms with Gasteiger partial charge in [-0.15, -0.1) is 12.4 Å². The summed E-state index contributed by atoms with van der Waals surface area (Å²) in [5.41, 5.74) is 6.21. The Morgan fingerprint density at radius 3 is 2.45 bits per heavy atom. The predicted molar refractivity (Wildman–Crippen MR) is 81.1 cm³/mol. The molecule has 0 aliphatic heterocycles. The molecule has 1 aliphatic rings. The summed E-state index contributed by atoms with van der Waals surface area (Å²) in [5, 5.41) is 8.33. The SMILES string of the molecule is Cl.NC(=O)Nc1cccc(NC(=O)CNCC2CC2)c1. The van der Waals surface area contributed by atoms with Crippen LogP contribution < -0.4 is 21.7 Å². The number of anilines is 2. The van der Waals surface area contributed by atoms with E-state index in [1.807, 2.05) is 0 Å². The second-order valence-corrected chi connectivity index (χ2v) is 4.69. The number of amides is 3. The third kappa shape index (κ3) is 5.90. The van der Waals surface area contributed by atoms with Crippen molar-refractivity contribution < 1.29 is 9.59 Å². The first-order valence-electron chi connectivity index (χ1n) is 6.30. The number of nitrogens with two attached hydrogens (primary N) is 1. The van der Waals surface area contributed by atoms with Gasteiger partial charge in [0.15, 0.2) is 0 Å². The lowest BCUT2D eigenvalue weighted by Crippen LogP contribution is -2.29. The molecule has 1 aromatic rings. The molecule has 3 amide bonds. The third-order valence-corrected chi connectivity index (χ3v) is 2.83. The maximum absolute atomic E-state index is 11.7. The number of primary amides is 1. The lowest BCUT2D eigenvalue weighted by molar-refractivity contribution is -0.115. The van der Waals surface area contributed by atoms with Gasteiger partial charge < -0.3 is 21.7 Å². The Kier molecular flexibility index (Phi) is 6.27. The van der Waals surface area contributed by atoms with Gasteiger partial charge in [0.2, 0.25) is 5.91 Å². The summed E-state index contributed by atoms with van der Waals surface area (Å²) in [6, 6.07) is 6.22. The maximum Gasteiger partial charge on any atom is 0.316 e. The standard InChI is InChI=1S/C13H18N4O2.ClH/c14-13(19)17-11-3-1-2-10(6-11)16-12(18)8-15-7-9-4-5-9;/h1-3,6,9,15H,4-5,7-8H2,(H,16,18)(H3,14,17,19);1H. The fraction of sp³-hybridized carbons (Fsp3) is 0.385. The van der Waals surface area contributed by atoms with E-state index in [0.29, 0.717) is 17.9 Å². The summed E-state index contributed by atoms with van der Waals surface area (Å²) < 4.78 is 0. The molecule has 5 N–H and O–H groups in total. The summed E-state index contributed by atoms with van der Waals surface area (Å²) in [6.45, 7) is 1.20. The van der Waals surface area contributed by atoms with E-state index in [0.717, 1.165) is 12.5 Å². The average molecular weight is 299 g/mol. The minimum absolute atomic E-state index is 0. The zero-order chi connectivity index (χ0) is 13.7. The van der Waals surface area contributed by atoms with Crippen LogP contribution >= 0.6 is 12.4 Å². The molecule has 0 spiro atoms. The molecule has 0 unspecified atom stereocenters. The van der Waals surface area contributed by atoms with Crippen molar-refractivity contribution in [3.63, 3.8) is 0 Å². The van der Waals surface area contributed by atoms with Crippen molar-refractivity contribution in [2.45, 2.75) is 12.8 Å². The van der Waals surface area contributed by atoms with Gasteiger partial charge in [0.05, 0.1) is 6.54 Å². The fourth-order valence-corrected chi connectivity index (χ4v) is 1.73. The quantitative estimate of drug-likeness (QED) is 0.641. The molecular weight excluding hydrogens is 280 g/mol. The highest BCUT2D eigenvalue weighted by Crippen LogP contribution is 2.27. The predicted octanol–water partition coefficient (Wildman–Crippen LogP) is 1.54. The minimum Gasteiger partial charge on any atom is -0.351 e. The summed E-state index contributed by atoms with van der Waals surface area (Å²) in [5.74, 6) is 0.646. The molecule has 0 heterocycles. The van der Waals surface area contributed by atoms with Crippen molar-refractivity contribution in [2.24, 2.45) is 11.7 Å². The van der Waals surface area contributed by atoms with Gasteiger partial charge in [-0.2, -0.15) is 0 Å². The number of carbonyl (C=O) groups is 2. The second-order valence-electron chi connectivity index (χ2n) is 4.69. The van der Waals surface area contributed by atoms with Gasteiger partial charge in [0, 0.05) is 11.4 Å². The molecule has 0 radical (unpaired) electrons. The van der Waals surface area contributed by atoms with Crippen LogP contribution in [0.4, 0.5) is 16.2 Å². The molecule has 1 aromatic carbocycles. The van der Waals surface area contributed by atoms with E-state index in [-0.39, 0.29) is 18.3 Å². The van der Waals surface area contributed by atoms with Gasteiger partial charge >= 0.3 is 6.03 Å². The van der Waals surface area contributed by atoms with Crippen molar-refractivity contribution in [3.8, 4) is 0 Å². The molecule has 20 heavy (non-hydrogen) atoms. The summed E-state index contributed by atoms with van der Waals surface area (Å²) in [4.78, 5) is 22.4. The Bertz CT molecular complexity index is 477. The lowest BCUT2D eigenvalue weighted by Gasteiger charge is -2.08. The van der Waals surface area contributed by atoms with Gasteiger partial charge in [0.1, 0.15) is 0 Å². The van der Waals surface area contributed by atoms with Crippen LogP contribution in [0.15, 0.2) is 24.3 Å². The number of carbonyl (C=O) groups excluding carboxylic acids is 2. The Balaban J connectivity index is 0.00000200. The van der Waals surface area contributed by atoms with Gasteiger partial charge in [-0.1, -0.05) is 6.07 Å². The lowest BCUT2D eigenvalue weighted by atomic mass is 10.2. The average Bonchev–Trinajstić information content (AvgIpc) is 3.12. The largest absolute Gasteiger partial charge is 0.351 e. The van der Waals surface area contributed by atoms with Crippen molar-refractivity contribution in [2.75, 3.05) is 23.7 Å². The Labute approximate surface area is 123 Å². The molecule has 1 fully saturated rings. The Morgan fingerprint density at radius 1 is 1.20 bits per heavy atom. The first-order chi connectivity index (χ1) is 9.13. The molecule has 1 saturated carbocycles. The number of rotatable bonds is 6. The normalized spacial score (nSPS) is 13.2. The van der Waals surface area contributed by atoms with E-state index in [1.165, 1.54) is 12.8 Å². The van der Waals surface area contributed by atoms with E-state index in [1.54, 1.807) is 24.3 Å². The van der Waals surface area contributed by atoms with Crippen LogP contribution in [0.1, 0.15) is 12.8 Å². The Hall–Kier alpha value is -1.79. The molecule has 0 aromatic heterocycles. The van der Waals surface area contributed by atoms with E-state index in [4.69, 9.17) is 5.73 Å². The van der Waals surface area contributed by atoms with Crippen LogP contribution in [-0.2, 0) is 4.79 Å². The van der Waals surface area contributed by atoms with Crippen LogP contribution in [0, 0.1) is 5.92 Å². The highest BCUT2D eigenvalue weighted by molar-refractivity contribution is 5.94. The van der Waals surface area contributed by atoms with Crippen LogP contribution in [0.25, 0.3) is 0 Å². The monoisotopic (exact) mass is 298 g/mol. The summed E-state index contributed by atoms with van der Waals surface area (Å²) in [7, 11) is 0. The van der Waals surface area contributed by atoms with Gasteiger partial charge in [0.25, 0.3) is 0 Å². The van der Waals surface area contributed by atoms with Crippen molar-refractivity contribution >= 4 is 35.7 Å². The molecule has 0 bridgehead atoms. The topological polar surface area (TPSA) is 96.2 Å². The van der Waals surface area contributed by atoms with Crippen LogP contribution in [0.2, 0.25) is 0 Å². The van der Waals surface area contributed by atoms with E-state index in [2.05, 4.69) is 16.0 Å². The smallest absolute Gasteiger partial charge is 0.316 e. The zero-order valence-electron chi connectivity index (χ0n) is 11.0. The molecule has 7 heteroatoms. The molecule has 1 aliphatic carbocycles. The number of halogens is 1. The molecular formula is C13H19ClN4O2. The summed E-state index contributed by atoms with van der Waals surface area (Å²) in [6.07, 6.45) is 2.52. The van der Waals surface area contributed by atoms with Gasteiger partial charge in [-0.25, -0.2) is 4.79 Å². The van der Waals surface area contributed by atoms with E-state index in [9.17, 15) is 9.59 Å². The van der Waals surface area contributed by atoms with Gasteiger partial charge in [-0.3, -0.25) is 4.79 Å². The molecule has 0 atom stereocenters. The molecule has 110 valence electrons.